The fourth-order valence-corrected chi connectivity index (χ4v) is 6.33. The van der Waals surface area contributed by atoms with E-state index in [9.17, 15) is 4.79 Å². The van der Waals surface area contributed by atoms with Crippen LogP contribution in [0.25, 0.3) is 11.7 Å². The molecule has 0 saturated heterocycles. The van der Waals surface area contributed by atoms with Crippen LogP contribution in [-0.2, 0) is 4.79 Å². The van der Waals surface area contributed by atoms with E-state index in [1.165, 1.54) is 50.3 Å². The molecule has 1 N–H and O–H groups in total. The summed E-state index contributed by atoms with van der Waals surface area (Å²) in [5, 5.41) is 11.5. The lowest BCUT2D eigenvalue weighted by atomic mass is 9.49. The summed E-state index contributed by atoms with van der Waals surface area (Å²) in [6.45, 7) is 0.831. The molecule has 0 radical (unpaired) electrons. The van der Waals surface area contributed by atoms with E-state index in [4.69, 9.17) is 8.83 Å². The summed E-state index contributed by atoms with van der Waals surface area (Å²) in [4.78, 5) is 12.3. The molecule has 4 aliphatic carbocycles. The Balaban J connectivity index is 1.13. The molecule has 0 atom stereocenters. The molecule has 4 fully saturated rings. The second kappa shape index (κ2) is 6.44. The monoisotopic (exact) mass is 373 g/mol. The molecule has 138 valence electrons. The topological polar surface area (TPSA) is 81.2 Å². The molecule has 2 aromatic heterocycles. The fourth-order valence-electron chi connectivity index (χ4n) is 5.74. The molecule has 0 unspecified atom stereocenters. The molecule has 2 aromatic rings. The van der Waals surface area contributed by atoms with Crippen molar-refractivity contribution >= 4 is 17.7 Å². The van der Waals surface area contributed by atoms with Gasteiger partial charge in [-0.3, -0.25) is 4.79 Å². The minimum atomic E-state index is 0.0449. The van der Waals surface area contributed by atoms with Crippen molar-refractivity contribution in [3.8, 4) is 11.7 Å². The standard InChI is InChI=1S/C19H23N3O3S/c23-16(10-26-18-22-21-17(25-18)15-2-1-3-24-15)20-11-19-7-12-4-13(8-19)6-14(5-12)9-19/h1-3,12-14H,4-11H2,(H,20,23). The van der Waals surface area contributed by atoms with Crippen LogP contribution in [-0.4, -0.2) is 28.4 Å². The summed E-state index contributed by atoms with van der Waals surface area (Å²) in [7, 11) is 0. The van der Waals surface area contributed by atoms with Gasteiger partial charge in [0.1, 0.15) is 0 Å². The first-order valence-corrected chi connectivity index (χ1v) is 10.4. The lowest BCUT2D eigenvalue weighted by Crippen LogP contribution is -2.51. The number of thioether (sulfide) groups is 1. The van der Waals surface area contributed by atoms with Crippen molar-refractivity contribution in [2.24, 2.45) is 23.2 Å². The first-order valence-electron chi connectivity index (χ1n) is 9.44. The van der Waals surface area contributed by atoms with E-state index < -0.39 is 0 Å². The highest BCUT2D eigenvalue weighted by molar-refractivity contribution is 7.99. The smallest absolute Gasteiger partial charge is 0.284 e. The van der Waals surface area contributed by atoms with Gasteiger partial charge >= 0.3 is 0 Å². The van der Waals surface area contributed by atoms with Crippen LogP contribution in [0.4, 0.5) is 0 Å². The molecule has 26 heavy (non-hydrogen) atoms. The van der Waals surface area contributed by atoms with Gasteiger partial charge < -0.3 is 14.2 Å². The molecule has 4 aliphatic rings. The number of hydrogen-bond acceptors (Lipinski definition) is 6. The first-order chi connectivity index (χ1) is 12.7. The molecule has 4 saturated carbocycles. The summed E-state index contributed by atoms with van der Waals surface area (Å²) < 4.78 is 10.8. The van der Waals surface area contributed by atoms with Crippen LogP contribution in [0.5, 0.6) is 0 Å². The minimum absolute atomic E-state index is 0.0449. The molecule has 0 aliphatic heterocycles. The lowest BCUT2D eigenvalue weighted by Gasteiger charge is -2.56. The van der Waals surface area contributed by atoms with Crippen LogP contribution in [0.3, 0.4) is 0 Å². The Bertz CT molecular complexity index is 751. The number of furan rings is 1. The average Bonchev–Trinajstić information content (AvgIpc) is 3.28. The van der Waals surface area contributed by atoms with Crippen LogP contribution in [0.1, 0.15) is 38.5 Å². The number of nitrogens with zero attached hydrogens (tertiary/aromatic N) is 2. The average molecular weight is 373 g/mol. The number of carbonyl (C=O) groups excluding carboxylic acids is 1. The second-order valence-corrected chi connectivity index (χ2v) is 9.26. The molecule has 4 bridgehead atoms. The summed E-state index contributed by atoms with van der Waals surface area (Å²) in [5.74, 6) is 3.94. The highest BCUT2D eigenvalue weighted by Crippen LogP contribution is 2.59. The maximum absolute atomic E-state index is 12.3. The SMILES string of the molecule is O=C(CSc1nnc(-c2ccco2)o1)NCC12CC3CC(CC(C3)C1)C2. The van der Waals surface area contributed by atoms with Crippen molar-refractivity contribution in [2.45, 2.75) is 43.7 Å². The first kappa shape index (κ1) is 16.4. The van der Waals surface area contributed by atoms with E-state index >= 15 is 0 Å². The van der Waals surface area contributed by atoms with Gasteiger partial charge in [-0.25, -0.2) is 0 Å². The lowest BCUT2D eigenvalue weighted by molar-refractivity contribution is -0.120. The third kappa shape index (κ3) is 3.17. The van der Waals surface area contributed by atoms with Crippen LogP contribution in [0.15, 0.2) is 32.5 Å². The number of amides is 1. The highest BCUT2D eigenvalue weighted by Gasteiger charge is 2.50. The van der Waals surface area contributed by atoms with Crippen molar-refractivity contribution in [2.75, 3.05) is 12.3 Å². The molecular formula is C19H23N3O3S. The number of rotatable bonds is 6. The van der Waals surface area contributed by atoms with E-state index in [1.807, 2.05) is 0 Å². The Hall–Kier alpha value is -1.76. The highest BCUT2D eigenvalue weighted by atomic mass is 32.2. The largest absolute Gasteiger partial charge is 0.459 e. The van der Waals surface area contributed by atoms with Crippen LogP contribution in [0, 0.1) is 23.2 Å². The van der Waals surface area contributed by atoms with Crippen molar-refractivity contribution in [1.29, 1.82) is 0 Å². The normalized spacial score (nSPS) is 32.1. The van der Waals surface area contributed by atoms with Gasteiger partial charge in [0.05, 0.1) is 12.0 Å². The molecule has 1 amide bonds. The van der Waals surface area contributed by atoms with E-state index in [1.54, 1.807) is 18.4 Å². The summed E-state index contributed by atoms with van der Waals surface area (Å²) in [6, 6.07) is 3.53. The maximum Gasteiger partial charge on any atom is 0.284 e. The Labute approximate surface area is 156 Å². The molecule has 0 aromatic carbocycles. The third-order valence-electron chi connectivity index (χ3n) is 6.29. The van der Waals surface area contributed by atoms with E-state index in [0.29, 0.717) is 28.0 Å². The van der Waals surface area contributed by atoms with Gasteiger partial charge in [0, 0.05) is 6.54 Å². The van der Waals surface area contributed by atoms with E-state index in [-0.39, 0.29) is 5.91 Å². The van der Waals surface area contributed by atoms with Gasteiger partial charge in [0.25, 0.3) is 11.1 Å². The van der Waals surface area contributed by atoms with Crippen molar-refractivity contribution < 1.29 is 13.6 Å². The molecular weight excluding hydrogens is 350 g/mol. The Morgan fingerprint density at radius 2 is 1.92 bits per heavy atom. The van der Waals surface area contributed by atoms with Gasteiger partial charge in [-0.05, 0) is 73.8 Å². The number of aromatic nitrogens is 2. The minimum Gasteiger partial charge on any atom is -0.459 e. The summed E-state index contributed by atoms with van der Waals surface area (Å²) in [6.07, 6.45) is 9.77. The Morgan fingerprint density at radius 3 is 2.58 bits per heavy atom. The predicted octanol–water partition coefficient (Wildman–Crippen LogP) is 3.75. The van der Waals surface area contributed by atoms with Crippen LogP contribution < -0.4 is 5.32 Å². The van der Waals surface area contributed by atoms with Gasteiger partial charge in [-0.2, -0.15) is 0 Å². The van der Waals surface area contributed by atoms with Gasteiger partial charge in [-0.15, -0.1) is 10.2 Å². The van der Waals surface area contributed by atoms with Crippen LogP contribution in [0.2, 0.25) is 0 Å². The number of carbonyl (C=O) groups is 1. The molecule has 6 nitrogen and oxygen atoms in total. The quantitative estimate of drug-likeness (QED) is 0.777. The van der Waals surface area contributed by atoms with Gasteiger partial charge in [-0.1, -0.05) is 11.8 Å². The van der Waals surface area contributed by atoms with Crippen molar-refractivity contribution in [3.05, 3.63) is 18.4 Å². The summed E-state index contributed by atoms with van der Waals surface area (Å²) >= 11 is 1.27. The Kier molecular flexibility index (Phi) is 4.07. The fraction of sp³-hybridized carbons (Fsp3) is 0.632. The van der Waals surface area contributed by atoms with Crippen molar-refractivity contribution in [1.82, 2.24) is 15.5 Å². The zero-order valence-corrected chi connectivity index (χ0v) is 15.5. The zero-order valence-electron chi connectivity index (χ0n) is 14.6. The van der Waals surface area contributed by atoms with Gasteiger partial charge in [0.2, 0.25) is 5.91 Å². The zero-order chi connectivity index (χ0) is 17.6. The van der Waals surface area contributed by atoms with Crippen LogP contribution >= 0.6 is 11.8 Å². The van der Waals surface area contributed by atoms with E-state index in [0.717, 1.165) is 24.3 Å². The van der Waals surface area contributed by atoms with Crippen molar-refractivity contribution in [3.63, 3.8) is 0 Å². The predicted molar refractivity (Wildman–Crippen MR) is 96.3 cm³/mol. The second-order valence-electron chi connectivity index (χ2n) is 8.33. The third-order valence-corrected chi connectivity index (χ3v) is 7.11. The number of hydrogen-bond donors (Lipinski definition) is 1. The maximum atomic E-state index is 12.3. The van der Waals surface area contributed by atoms with Gasteiger partial charge in [0.15, 0.2) is 5.76 Å². The molecule has 6 rings (SSSR count). The summed E-state index contributed by atoms with van der Waals surface area (Å²) in [5.41, 5.74) is 0.367. The Morgan fingerprint density at radius 1 is 1.19 bits per heavy atom. The van der Waals surface area contributed by atoms with E-state index in [2.05, 4.69) is 15.5 Å². The molecule has 0 spiro atoms. The molecule has 2 heterocycles. The number of nitrogens with one attached hydrogen (secondary N) is 1. The molecule has 7 heteroatoms.